The van der Waals surface area contributed by atoms with E-state index in [0.717, 1.165) is 0 Å². The third-order valence-corrected chi connectivity index (χ3v) is 4.63. The van der Waals surface area contributed by atoms with E-state index in [0.29, 0.717) is 16.8 Å². The third kappa shape index (κ3) is 2.31. The second kappa shape index (κ2) is 5.72. The minimum atomic E-state index is -1.16. The zero-order valence-corrected chi connectivity index (χ0v) is 12.1. The maximum absolute atomic E-state index is 12.3. The Bertz CT molecular complexity index is 701. The molecule has 0 aliphatic carbocycles. The number of carboxylic acid groups (broad SMARTS) is 1. The molecule has 0 aromatic carbocycles. The lowest BCUT2D eigenvalue weighted by Gasteiger charge is -2.47. The number of carbonyl (C=O) groups excluding carboxylic acids is 1. The van der Waals surface area contributed by atoms with Gasteiger partial charge in [-0.05, 0) is 29.2 Å². The lowest BCUT2D eigenvalue weighted by Crippen LogP contribution is -2.62. The number of nitrogens with zero attached hydrogens (tertiary/aromatic N) is 3. The Morgan fingerprint density at radius 2 is 2.32 bits per heavy atom. The standard InChI is InChI=1S/C14H11N3O4S/c18-12-10(5-9-3-1-2-4-15-9)13-17(12)11(14(19)20)8(6-16-21)7-22-13/h1-5,7,11,13H,6H2,(H,19,20)/t11?,13-/m0/s1. The number of aliphatic carboxylic acids is 1. The first kappa shape index (κ1) is 14.5. The molecule has 22 heavy (non-hydrogen) atoms. The van der Waals surface area contributed by atoms with Crippen LogP contribution < -0.4 is 0 Å². The highest BCUT2D eigenvalue weighted by Gasteiger charge is 2.51. The van der Waals surface area contributed by atoms with Gasteiger partial charge in [0.25, 0.3) is 5.91 Å². The van der Waals surface area contributed by atoms with Crippen LogP contribution in [0.2, 0.25) is 0 Å². The van der Waals surface area contributed by atoms with Crippen molar-refractivity contribution in [1.82, 2.24) is 9.88 Å². The predicted molar refractivity (Wildman–Crippen MR) is 80.6 cm³/mol. The van der Waals surface area contributed by atoms with Gasteiger partial charge in [-0.1, -0.05) is 11.2 Å². The molecule has 2 aliphatic heterocycles. The van der Waals surface area contributed by atoms with Crippen molar-refractivity contribution in [3.05, 3.63) is 51.6 Å². The lowest BCUT2D eigenvalue weighted by atomic mass is 9.97. The molecule has 1 N–H and O–H groups in total. The number of aromatic nitrogens is 1. The third-order valence-electron chi connectivity index (χ3n) is 3.45. The van der Waals surface area contributed by atoms with Crippen LogP contribution >= 0.6 is 11.8 Å². The van der Waals surface area contributed by atoms with Gasteiger partial charge in [0.05, 0.1) is 11.3 Å². The fourth-order valence-electron chi connectivity index (χ4n) is 2.46. The molecule has 1 fully saturated rings. The van der Waals surface area contributed by atoms with Crippen LogP contribution in [-0.4, -0.2) is 44.8 Å². The minimum Gasteiger partial charge on any atom is -0.479 e. The van der Waals surface area contributed by atoms with Crippen molar-refractivity contribution in [3.63, 3.8) is 0 Å². The van der Waals surface area contributed by atoms with Crippen molar-refractivity contribution in [2.45, 2.75) is 11.4 Å². The van der Waals surface area contributed by atoms with Gasteiger partial charge in [-0.2, -0.15) is 4.91 Å². The van der Waals surface area contributed by atoms with Crippen LogP contribution in [-0.2, 0) is 9.59 Å². The fourth-order valence-corrected chi connectivity index (χ4v) is 3.63. The average molecular weight is 317 g/mol. The van der Waals surface area contributed by atoms with Crippen LogP contribution in [0.4, 0.5) is 0 Å². The quantitative estimate of drug-likeness (QED) is 0.513. The normalized spacial score (nSPS) is 25.3. The predicted octanol–water partition coefficient (Wildman–Crippen LogP) is 1.48. The highest BCUT2D eigenvalue weighted by molar-refractivity contribution is 8.03. The Labute approximate surface area is 129 Å². The van der Waals surface area contributed by atoms with Crippen LogP contribution in [0.5, 0.6) is 0 Å². The number of β-lactam (4-membered cyclic amide) rings is 1. The van der Waals surface area contributed by atoms with E-state index in [9.17, 15) is 19.6 Å². The Morgan fingerprint density at radius 3 is 2.95 bits per heavy atom. The van der Waals surface area contributed by atoms with Crippen molar-refractivity contribution < 1.29 is 14.7 Å². The van der Waals surface area contributed by atoms with Crippen LogP contribution in [0.15, 0.2) is 46.1 Å². The summed E-state index contributed by atoms with van der Waals surface area (Å²) >= 11 is 1.30. The summed E-state index contributed by atoms with van der Waals surface area (Å²) in [5, 5.41) is 13.3. The number of fused-ring (bicyclic) bond motifs is 1. The average Bonchev–Trinajstić information content (AvgIpc) is 2.53. The van der Waals surface area contributed by atoms with Crippen LogP contribution in [0, 0.1) is 4.91 Å². The van der Waals surface area contributed by atoms with E-state index in [1.807, 2.05) is 6.07 Å². The van der Waals surface area contributed by atoms with Crippen LogP contribution in [0.1, 0.15) is 5.69 Å². The van der Waals surface area contributed by atoms with Crippen molar-refractivity contribution in [3.8, 4) is 0 Å². The van der Waals surface area contributed by atoms with Crippen molar-refractivity contribution in [2.24, 2.45) is 5.18 Å². The first-order valence-corrected chi connectivity index (χ1v) is 7.39. The van der Waals surface area contributed by atoms with Gasteiger partial charge in [0, 0.05) is 6.20 Å². The Morgan fingerprint density at radius 1 is 1.50 bits per heavy atom. The number of amides is 1. The van der Waals surface area contributed by atoms with E-state index >= 15 is 0 Å². The molecule has 112 valence electrons. The lowest BCUT2D eigenvalue weighted by molar-refractivity contribution is -0.151. The van der Waals surface area contributed by atoms with E-state index in [1.54, 1.807) is 29.8 Å². The molecule has 3 heterocycles. The van der Waals surface area contributed by atoms with E-state index < -0.39 is 12.0 Å². The second-order valence-electron chi connectivity index (χ2n) is 4.78. The molecule has 7 nitrogen and oxygen atoms in total. The van der Waals surface area contributed by atoms with E-state index in [-0.39, 0.29) is 17.8 Å². The zero-order chi connectivity index (χ0) is 15.7. The molecular weight excluding hydrogens is 306 g/mol. The van der Waals surface area contributed by atoms with Crippen LogP contribution in [0.25, 0.3) is 6.08 Å². The van der Waals surface area contributed by atoms with Gasteiger partial charge < -0.3 is 10.0 Å². The molecule has 1 unspecified atom stereocenters. The molecule has 1 amide bonds. The van der Waals surface area contributed by atoms with Crippen molar-refractivity contribution in [1.29, 1.82) is 0 Å². The fraction of sp³-hybridized carbons (Fsp3) is 0.214. The summed E-state index contributed by atoms with van der Waals surface area (Å²) in [4.78, 5) is 39.5. The summed E-state index contributed by atoms with van der Waals surface area (Å²) in [5.74, 6) is -1.52. The number of carbonyl (C=O) groups is 2. The number of nitroso groups, excluding NO2 is 1. The molecule has 1 aromatic heterocycles. The van der Waals surface area contributed by atoms with Gasteiger partial charge >= 0.3 is 5.97 Å². The smallest absolute Gasteiger partial charge is 0.330 e. The molecule has 1 aromatic rings. The van der Waals surface area contributed by atoms with Crippen molar-refractivity contribution in [2.75, 3.05) is 6.54 Å². The maximum Gasteiger partial charge on any atom is 0.330 e. The highest BCUT2D eigenvalue weighted by atomic mass is 32.2. The van der Waals surface area contributed by atoms with Crippen molar-refractivity contribution >= 4 is 29.7 Å². The second-order valence-corrected chi connectivity index (χ2v) is 5.73. The monoisotopic (exact) mass is 317 g/mol. The summed E-state index contributed by atoms with van der Waals surface area (Å²) in [6.07, 6.45) is 3.28. The van der Waals surface area contributed by atoms with Crippen LogP contribution in [0.3, 0.4) is 0 Å². The van der Waals surface area contributed by atoms with E-state index in [4.69, 9.17) is 0 Å². The summed E-state index contributed by atoms with van der Waals surface area (Å²) in [6.45, 7) is -0.236. The van der Waals surface area contributed by atoms with Gasteiger partial charge in [-0.3, -0.25) is 9.78 Å². The van der Waals surface area contributed by atoms with E-state index in [1.165, 1.54) is 16.7 Å². The minimum absolute atomic E-state index is 0.236. The van der Waals surface area contributed by atoms with Gasteiger partial charge in [-0.25, -0.2) is 4.79 Å². The Balaban J connectivity index is 1.91. The van der Waals surface area contributed by atoms with E-state index in [2.05, 4.69) is 10.2 Å². The summed E-state index contributed by atoms with van der Waals surface area (Å²) in [7, 11) is 0. The molecule has 8 heteroatoms. The molecule has 3 rings (SSSR count). The molecule has 2 aliphatic rings. The Kier molecular flexibility index (Phi) is 3.76. The highest BCUT2D eigenvalue weighted by Crippen LogP contribution is 2.43. The number of thioether (sulfide) groups is 1. The molecule has 0 bridgehead atoms. The molecule has 0 spiro atoms. The summed E-state index contributed by atoms with van der Waals surface area (Å²) in [5.41, 5.74) is 1.47. The van der Waals surface area contributed by atoms with Gasteiger partial charge in [0.15, 0.2) is 6.04 Å². The number of rotatable bonds is 4. The SMILES string of the molecule is O=NCC1=CS[C@H]2C(=Cc3ccccn3)C(=O)N2C1C(=O)O. The largest absolute Gasteiger partial charge is 0.479 e. The summed E-state index contributed by atoms with van der Waals surface area (Å²) < 4.78 is 0. The number of carboxylic acids is 1. The first-order chi connectivity index (χ1) is 10.6. The summed E-state index contributed by atoms with van der Waals surface area (Å²) in [6, 6.07) is 4.22. The number of hydrogen-bond acceptors (Lipinski definition) is 6. The number of pyridine rings is 1. The maximum atomic E-state index is 12.3. The molecule has 0 radical (unpaired) electrons. The topological polar surface area (TPSA) is 99.9 Å². The van der Waals surface area contributed by atoms with Gasteiger partial charge in [0.2, 0.25) is 0 Å². The van der Waals surface area contributed by atoms with Gasteiger partial charge in [-0.15, -0.1) is 11.8 Å². The molecular formula is C14H11N3O4S. The molecule has 2 atom stereocenters. The Hall–Kier alpha value is -2.48. The molecule has 1 saturated heterocycles. The zero-order valence-electron chi connectivity index (χ0n) is 11.2. The van der Waals surface area contributed by atoms with Gasteiger partial charge in [0.1, 0.15) is 11.9 Å². The number of hydrogen-bond donors (Lipinski definition) is 1. The molecule has 0 saturated carbocycles. The first-order valence-electron chi connectivity index (χ1n) is 6.45.